The molecule has 0 radical (unpaired) electrons. The number of thiophene rings is 2. The fourth-order valence-corrected chi connectivity index (χ4v) is 5.38. The lowest BCUT2D eigenvalue weighted by molar-refractivity contribution is -0.118. The quantitative estimate of drug-likeness (QED) is 0.356. The van der Waals surface area contributed by atoms with Crippen LogP contribution in [0.5, 0.6) is 0 Å². The van der Waals surface area contributed by atoms with Crippen LogP contribution in [0.15, 0.2) is 57.1 Å². The molecule has 1 N–H and O–H groups in total. The van der Waals surface area contributed by atoms with Gasteiger partial charge < -0.3 is 5.32 Å². The molecule has 0 aliphatic carbocycles. The molecule has 0 bridgehead atoms. The molecule has 0 spiro atoms. The van der Waals surface area contributed by atoms with Crippen LogP contribution in [-0.4, -0.2) is 21.2 Å². The number of hydrogen-bond donors (Lipinski definition) is 1. The van der Waals surface area contributed by atoms with Crippen molar-refractivity contribution in [3.05, 3.63) is 68.9 Å². The first-order valence-electron chi connectivity index (χ1n) is 8.69. The number of nitrogens with one attached hydrogen (secondary N) is 1. The van der Waals surface area contributed by atoms with E-state index in [0.717, 1.165) is 16.0 Å². The highest BCUT2D eigenvalue weighted by Gasteiger charge is 2.17. The molecule has 0 saturated heterocycles. The van der Waals surface area contributed by atoms with Crippen molar-refractivity contribution in [3.63, 3.8) is 0 Å². The van der Waals surface area contributed by atoms with Gasteiger partial charge in [0.2, 0.25) is 5.91 Å². The molecule has 3 aromatic heterocycles. The Bertz CT molecular complexity index is 1210. The Morgan fingerprint density at radius 1 is 1.24 bits per heavy atom. The molecule has 1 amide bonds. The van der Waals surface area contributed by atoms with Crippen LogP contribution in [0.25, 0.3) is 20.7 Å². The van der Waals surface area contributed by atoms with Crippen molar-refractivity contribution >= 4 is 50.6 Å². The predicted octanol–water partition coefficient (Wildman–Crippen LogP) is 4.27. The van der Waals surface area contributed by atoms with Crippen LogP contribution in [0.1, 0.15) is 5.56 Å². The lowest BCUT2D eigenvalue weighted by Gasteiger charge is -2.08. The van der Waals surface area contributed by atoms with Gasteiger partial charge in [-0.05, 0) is 29.1 Å². The van der Waals surface area contributed by atoms with Crippen molar-refractivity contribution in [2.45, 2.75) is 11.7 Å². The number of aromatic nitrogens is 2. The topological polar surface area (TPSA) is 64.0 Å². The van der Waals surface area contributed by atoms with Gasteiger partial charge in [-0.3, -0.25) is 14.2 Å². The summed E-state index contributed by atoms with van der Waals surface area (Å²) in [5, 5.41) is 7.83. The minimum atomic E-state index is -0.311. The zero-order valence-electron chi connectivity index (χ0n) is 15.3. The van der Waals surface area contributed by atoms with E-state index in [9.17, 15) is 14.0 Å². The second-order valence-corrected chi connectivity index (χ2v) is 9.01. The van der Waals surface area contributed by atoms with E-state index in [1.165, 1.54) is 39.8 Å². The summed E-state index contributed by atoms with van der Waals surface area (Å²) in [4.78, 5) is 31.4. The highest BCUT2D eigenvalue weighted by Crippen LogP contribution is 2.34. The summed E-state index contributed by atoms with van der Waals surface area (Å²) >= 11 is 4.23. The molecule has 4 rings (SSSR count). The second-order valence-electron chi connectivity index (χ2n) is 6.26. The SMILES string of the molecule is Cn1c(SCC(=O)NCc2ccc(F)cc2)nc2scc(-c3cccs3)c2c1=O. The third-order valence-electron chi connectivity index (χ3n) is 4.30. The minimum absolute atomic E-state index is 0.117. The van der Waals surface area contributed by atoms with Gasteiger partial charge >= 0.3 is 0 Å². The van der Waals surface area contributed by atoms with Gasteiger partial charge in [0.1, 0.15) is 10.6 Å². The number of hydrogen-bond acceptors (Lipinski definition) is 6. The number of thioether (sulfide) groups is 1. The van der Waals surface area contributed by atoms with Gasteiger partial charge in [0, 0.05) is 29.4 Å². The minimum Gasteiger partial charge on any atom is -0.351 e. The van der Waals surface area contributed by atoms with E-state index < -0.39 is 0 Å². The Morgan fingerprint density at radius 3 is 2.76 bits per heavy atom. The van der Waals surface area contributed by atoms with E-state index in [4.69, 9.17) is 0 Å². The van der Waals surface area contributed by atoms with Gasteiger partial charge in [0.15, 0.2) is 5.16 Å². The van der Waals surface area contributed by atoms with Gasteiger partial charge in [0.25, 0.3) is 5.56 Å². The van der Waals surface area contributed by atoms with Crippen LogP contribution in [0.3, 0.4) is 0 Å². The van der Waals surface area contributed by atoms with Crippen LogP contribution >= 0.6 is 34.4 Å². The maximum absolute atomic E-state index is 12.9. The lowest BCUT2D eigenvalue weighted by Crippen LogP contribution is -2.25. The Kier molecular flexibility index (Phi) is 5.79. The van der Waals surface area contributed by atoms with E-state index in [1.807, 2.05) is 22.9 Å². The smallest absolute Gasteiger partial charge is 0.263 e. The summed E-state index contributed by atoms with van der Waals surface area (Å²) in [5.41, 5.74) is 1.60. The first kappa shape index (κ1) is 19.8. The first-order chi connectivity index (χ1) is 14.0. The van der Waals surface area contributed by atoms with Crippen molar-refractivity contribution in [2.24, 2.45) is 7.05 Å². The summed E-state index contributed by atoms with van der Waals surface area (Å²) in [5.74, 6) is -0.358. The van der Waals surface area contributed by atoms with Crippen LogP contribution < -0.4 is 10.9 Å². The van der Waals surface area contributed by atoms with E-state index in [0.29, 0.717) is 21.9 Å². The standard InChI is InChI=1S/C20H16FN3O2S3/c1-24-19(26)17-14(15-3-2-8-27-15)10-28-18(17)23-20(24)29-11-16(25)22-9-12-4-6-13(21)7-5-12/h2-8,10H,9,11H2,1H3,(H,22,25). The Hall–Kier alpha value is -2.49. The summed E-state index contributed by atoms with van der Waals surface area (Å²) in [6, 6.07) is 9.91. The maximum Gasteiger partial charge on any atom is 0.263 e. The molecular formula is C20H16FN3O2S3. The van der Waals surface area contributed by atoms with Gasteiger partial charge in [-0.25, -0.2) is 9.37 Å². The highest BCUT2D eigenvalue weighted by atomic mass is 32.2. The number of carbonyl (C=O) groups excluding carboxylic acids is 1. The average molecular weight is 446 g/mol. The van der Waals surface area contributed by atoms with E-state index in [2.05, 4.69) is 10.3 Å². The molecule has 5 nitrogen and oxygen atoms in total. The molecule has 0 saturated carbocycles. The normalized spacial score (nSPS) is 11.1. The monoisotopic (exact) mass is 445 g/mol. The van der Waals surface area contributed by atoms with Crippen LogP contribution in [0.4, 0.5) is 4.39 Å². The van der Waals surface area contributed by atoms with Crippen molar-refractivity contribution in [1.82, 2.24) is 14.9 Å². The van der Waals surface area contributed by atoms with Crippen molar-refractivity contribution < 1.29 is 9.18 Å². The van der Waals surface area contributed by atoms with Gasteiger partial charge in [0.05, 0.1) is 11.1 Å². The molecule has 29 heavy (non-hydrogen) atoms. The molecule has 0 fully saturated rings. The molecule has 9 heteroatoms. The third-order valence-corrected chi connectivity index (χ3v) is 7.10. The number of benzene rings is 1. The molecule has 0 atom stereocenters. The van der Waals surface area contributed by atoms with Gasteiger partial charge in [-0.1, -0.05) is 30.0 Å². The van der Waals surface area contributed by atoms with Crippen LogP contribution in [0.2, 0.25) is 0 Å². The van der Waals surface area contributed by atoms with Crippen molar-refractivity contribution in [1.29, 1.82) is 0 Å². The Balaban J connectivity index is 1.47. The Morgan fingerprint density at radius 2 is 2.03 bits per heavy atom. The van der Waals surface area contributed by atoms with E-state index in [-0.39, 0.29) is 23.0 Å². The van der Waals surface area contributed by atoms with E-state index in [1.54, 1.807) is 30.5 Å². The first-order valence-corrected chi connectivity index (χ1v) is 11.4. The molecule has 0 aliphatic heterocycles. The van der Waals surface area contributed by atoms with Crippen LogP contribution in [0, 0.1) is 5.82 Å². The summed E-state index contributed by atoms with van der Waals surface area (Å²) < 4.78 is 14.4. The highest BCUT2D eigenvalue weighted by molar-refractivity contribution is 7.99. The zero-order chi connectivity index (χ0) is 20.4. The zero-order valence-corrected chi connectivity index (χ0v) is 17.8. The summed E-state index contributed by atoms with van der Waals surface area (Å²) in [7, 11) is 1.67. The fourth-order valence-electron chi connectivity index (χ4n) is 2.78. The van der Waals surface area contributed by atoms with Gasteiger partial charge in [-0.15, -0.1) is 22.7 Å². The molecule has 1 aromatic carbocycles. The summed E-state index contributed by atoms with van der Waals surface area (Å²) in [6.45, 7) is 0.320. The molecule has 0 aliphatic rings. The largest absolute Gasteiger partial charge is 0.351 e. The molecular weight excluding hydrogens is 429 g/mol. The predicted molar refractivity (Wildman–Crippen MR) is 117 cm³/mol. The average Bonchev–Trinajstić information content (AvgIpc) is 3.38. The molecule has 0 unspecified atom stereocenters. The summed E-state index contributed by atoms with van der Waals surface area (Å²) in [6.07, 6.45) is 0. The number of halogens is 1. The second kappa shape index (κ2) is 8.48. The van der Waals surface area contributed by atoms with Crippen LogP contribution in [-0.2, 0) is 18.4 Å². The third kappa shape index (κ3) is 4.26. The lowest BCUT2D eigenvalue weighted by atomic mass is 10.2. The fraction of sp³-hybridized carbons (Fsp3) is 0.150. The van der Waals surface area contributed by atoms with E-state index >= 15 is 0 Å². The number of nitrogens with zero attached hydrogens (tertiary/aromatic N) is 2. The number of amides is 1. The maximum atomic E-state index is 12.9. The molecule has 148 valence electrons. The Labute approximate surface area is 178 Å². The van der Waals surface area contributed by atoms with Crippen molar-refractivity contribution in [3.8, 4) is 10.4 Å². The molecule has 4 aromatic rings. The number of fused-ring (bicyclic) bond motifs is 1. The van der Waals surface area contributed by atoms with Crippen molar-refractivity contribution in [2.75, 3.05) is 5.75 Å². The molecule has 3 heterocycles. The number of rotatable bonds is 6. The number of carbonyl (C=O) groups is 1. The van der Waals surface area contributed by atoms with Gasteiger partial charge in [-0.2, -0.15) is 0 Å².